The van der Waals surface area contributed by atoms with Crippen LogP contribution in [0.1, 0.15) is 15.9 Å². The molecule has 4 N–H and O–H groups in total. The van der Waals surface area contributed by atoms with E-state index in [1.54, 1.807) is 12.1 Å². The molecule has 2 rings (SSSR count). The molecule has 0 aromatic heterocycles. The zero-order valence-electron chi connectivity index (χ0n) is 11.3. The Balaban J connectivity index is 2.17. The highest BCUT2D eigenvalue weighted by Gasteiger charge is 2.13. The van der Waals surface area contributed by atoms with Crippen molar-refractivity contribution in [2.75, 3.05) is 10.6 Å². The molecule has 2 aromatic carbocycles. The summed E-state index contributed by atoms with van der Waals surface area (Å²) in [6.45, 7) is 1.85. The SMILES string of the molecule is Cc1ccccc1NC(=O)Nc1ccc(O)cc1C(=O)O. The van der Waals surface area contributed by atoms with E-state index in [9.17, 15) is 14.7 Å². The number of carbonyl (C=O) groups excluding carboxylic acids is 1. The van der Waals surface area contributed by atoms with Gasteiger partial charge in [-0.15, -0.1) is 0 Å². The topological polar surface area (TPSA) is 98.7 Å². The maximum atomic E-state index is 11.9. The van der Waals surface area contributed by atoms with Crippen LogP contribution in [-0.2, 0) is 0 Å². The van der Waals surface area contributed by atoms with E-state index in [1.807, 2.05) is 19.1 Å². The normalized spacial score (nSPS) is 9.95. The van der Waals surface area contributed by atoms with E-state index < -0.39 is 12.0 Å². The number of benzene rings is 2. The predicted molar refractivity (Wildman–Crippen MR) is 78.9 cm³/mol. The number of anilines is 2. The highest BCUT2D eigenvalue weighted by Crippen LogP contribution is 2.22. The maximum absolute atomic E-state index is 11.9. The van der Waals surface area contributed by atoms with Crippen molar-refractivity contribution in [1.82, 2.24) is 0 Å². The molecule has 6 nitrogen and oxygen atoms in total. The molecular formula is C15H14N2O4. The number of hydrogen-bond acceptors (Lipinski definition) is 3. The second kappa shape index (κ2) is 5.96. The molecule has 0 aliphatic heterocycles. The molecule has 0 spiro atoms. The Bertz CT molecular complexity index is 698. The molecule has 2 aromatic rings. The summed E-state index contributed by atoms with van der Waals surface area (Å²) in [6.07, 6.45) is 0. The first kappa shape index (κ1) is 14.4. The zero-order chi connectivity index (χ0) is 15.4. The van der Waals surface area contributed by atoms with Crippen LogP contribution in [0.15, 0.2) is 42.5 Å². The monoisotopic (exact) mass is 286 g/mol. The van der Waals surface area contributed by atoms with Gasteiger partial charge in [-0.05, 0) is 36.8 Å². The molecule has 0 unspecified atom stereocenters. The summed E-state index contributed by atoms with van der Waals surface area (Å²) in [6, 6.07) is 10.4. The van der Waals surface area contributed by atoms with Crippen LogP contribution in [0.25, 0.3) is 0 Å². The molecule has 0 bridgehead atoms. The molecule has 0 aliphatic carbocycles. The fourth-order valence-corrected chi connectivity index (χ4v) is 1.81. The van der Waals surface area contributed by atoms with E-state index in [4.69, 9.17) is 5.11 Å². The number of rotatable bonds is 3. The first-order valence-electron chi connectivity index (χ1n) is 6.17. The van der Waals surface area contributed by atoms with Crippen molar-refractivity contribution in [1.29, 1.82) is 0 Å². The van der Waals surface area contributed by atoms with Gasteiger partial charge in [-0.2, -0.15) is 0 Å². The number of carboxylic acids is 1. The van der Waals surface area contributed by atoms with Crippen molar-refractivity contribution in [3.8, 4) is 5.75 Å². The molecule has 0 atom stereocenters. The maximum Gasteiger partial charge on any atom is 0.337 e. The Morgan fingerprint density at radius 3 is 2.33 bits per heavy atom. The summed E-state index contributed by atoms with van der Waals surface area (Å²) >= 11 is 0. The van der Waals surface area contributed by atoms with Crippen LogP contribution in [0.3, 0.4) is 0 Å². The number of aromatic hydroxyl groups is 1. The lowest BCUT2D eigenvalue weighted by Crippen LogP contribution is -2.21. The second-order valence-corrected chi connectivity index (χ2v) is 4.43. The third kappa shape index (κ3) is 3.50. The summed E-state index contributed by atoms with van der Waals surface area (Å²) in [5.74, 6) is -1.42. The van der Waals surface area contributed by atoms with Gasteiger partial charge in [-0.25, -0.2) is 9.59 Å². The van der Waals surface area contributed by atoms with Crippen molar-refractivity contribution in [2.45, 2.75) is 6.92 Å². The van der Waals surface area contributed by atoms with Crippen molar-refractivity contribution in [2.24, 2.45) is 0 Å². The van der Waals surface area contributed by atoms with Crippen molar-refractivity contribution in [3.05, 3.63) is 53.6 Å². The van der Waals surface area contributed by atoms with Gasteiger partial charge in [0, 0.05) is 5.69 Å². The Kier molecular flexibility index (Phi) is 4.08. The van der Waals surface area contributed by atoms with Crippen LogP contribution >= 0.6 is 0 Å². The van der Waals surface area contributed by atoms with Crippen molar-refractivity contribution < 1.29 is 19.8 Å². The van der Waals surface area contributed by atoms with Gasteiger partial charge in [0.05, 0.1) is 11.3 Å². The molecular weight excluding hydrogens is 272 g/mol. The van der Waals surface area contributed by atoms with Gasteiger partial charge in [-0.1, -0.05) is 18.2 Å². The van der Waals surface area contributed by atoms with Crippen LogP contribution in [0.4, 0.5) is 16.2 Å². The number of aromatic carboxylic acids is 1. The average molecular weight is 286 g/mol. The molecule has 0 heterocycles. The quantitative estimate of drug-likeness (QED) is 0.652. The van der Waals surface area contributed by atoms with Gasteiger partial charge in [0.15, 0.2) is 0 Å². The lowest BCUT2D eigenvalue weighted by Gasteiger charge is -2.11. The van der Waals surface area contributed by atoms with Gasteiger partial charge in [0.2, 0.25) is 0 Å². The Morgan fingerprint density at radius 1 is 1.00 bits per heavy atom. The molecule has 108 valence electrons. The number of para-hydroxylation sites is 1. The lowest BCUT2D eigenvalue weighted by molar-refractivity contribution is 0.0697. The van der Waals surface area contributed by atoms with E-state index in [0.717, 1.165) is 11.6 Å². The van der Waals surface area contributed by atoms with Gasteiger partial charge in [-0.3, -0.25) is 0 Å². The largest absolute Gasteiger partial charge is 0.508 e. The molecule has 0 saturated heterocycles. The third-order valence-corrected chi connectivity index (χ3v) is 2.88. The van der Waals surface area contributed by atoms with Gasteiger partial charge >= 0.3 is 12.0 Å². The number of carbonyl (C=O) groups is 2. The number of urea groups is 1. The Labute approximate surface area is 121 Å². The number of phenolic OH excluding ortho intramolecular Hbond substituents is 1. The van der Waals surface area contributed by atoms with Crippen LogP contribution in [-0.4, -0.2) is 22.2 Å². The first-order chi connectivity index (χ1) is 9.97. The summed E-state index contributed by atoms with van der Waals surface area (Å²) in [4.78, 5) is 23.0. The zero-order valence-corrected chi connectivity index (χ0v) is 11.3. The van der Waals surface area contributed by atoms with Crippen molar-refractivity contribution in [3.63, 3.8) is 0 Å². The fourth-order valence-electron chi connectivity index (χ4n) is 1.81. The first-order valence-corrected chi connectivity index (χ1v) is 6.17. The second-order valence-electron chi connectivity index (χ2n) is 4.43. The van der Waals surface area contributed by atoms with Crippen molar-refractivity contribution >= 4 is 23.4 Å². The van der Waals surface area contributed by atoms with Gasteiger partial charge in [0.25, 0.3) is 0 Å². The number of amides is 2. The Morgan fingerprint density at radius 2 is 1.67 bits per heavy atom. The number of phenols is 1. The van der Waals surface area contributed by atoms with Gasteiger partial charge in [0.1, 0.15) is 5.75 Å². The van der Waals surface area contributed by atoms with E-state index in [1.165, 1.54) is 12.1 Å². The molecule has 0 fully saturated rings. The van der Waals surface area contributed by atoms with E-state index in [0.29, 0.717) is 5.69 Å². The Hall–Kier alpha value is -3.02. The minimum absolute atomic E-state index is 0.103. The number of hydrogen-bond donors (Lipinski definition) is 4. The fraction of sp³-hybridized carbons (Fsp3) is 0.0667. The average Bonchev–Trinajstić information content (AvgIpc) is 2.43. The minimum Gasteiger partial charge on any atom is -0.508 e. The van der Waals surface area contributed by atoms with Crippen LogP contribution in [0.5, 0.6) is 5.75 Å². The molecule has 2 amide bonds. The van der Waals surface area contributed by atoms with E-state index >= 15 is 0 Å². The highest BCUT2D eigenvalue weighted by molar-refractivity contribution is 6.05. The van der Waals surface area contributed by atoms with E-state index in [2.05, 4.69) is 10.6 Å². The number of carboxylic acid groups (broad SMARTS) is 1. The summed E-state index contributed by atoms with van der Waals surface area (Å²) < 4.78 is 0. The minimum atomic E-state index is -1.24. The number of aryl methyl sites for hydroxylation is 1. The van der Waals surface area contributed by atoms with E-state index in [-0.39, 0.29) is 17.0 Å². The molecule has 6 heteroatoms. The molecule has 0 saturated carbocycles. The van der Waals surface area contributed by atoms with Gasteiger partial charge < -0.3 is 20.8 Å². The lowest BCUT2D eigenvalue weighted by atomic mass is 10.1. The molecule has 21 heavy (non-hydrogen) atoms. The third-order valence-electron chi connectivity index (χ3n) is 2.88. The molecule has 0 aliphatic rings. The highest BCUT2D eigenvalue weighted by atomic mass is 16.4. The standard InChI is InChI=1S/C15H14N2O4/c1-9-4-2-3-5-12(9)16-15(21)17-13-7-6-10(18)8-11(13)14(19)20/h2-8,18H,1H3,(H,19,20)(H2,16,17,21). The number of nitrogens with one attached hydrogen (secondary N) is 2. The summed E-state index contributed by atoms with van der Waals surface area (Å²) in [7, 11) is 0. The van der Waals surface area contributed by atoms with Crippen LogP contribution < -0.4 is 10.6 Å². The molecule has 0 radical (unpaired) electrons. The van der Waals surface area contributed by atoms with Crippen LogP contribution in [0.2, 0.25) is 0 Å². The summed E-state index contributed by atoms with van der Waals surface area (Å²) in [5.41, 5.74) is 1.43. The predicted octanol–water partition coefficient (Wildman–Crippen LogP) is 3.04. The summed E-state index contributed by atoms with van der Waals surface area (Å²) in [5, 5.41) is 23.4. The van der Waals surface area contributed by atoms with Crippen LogP contribution in [0, 0.1) is 6.92 Å². The smallest absolute Gasteiger partial charge is 0.337 e.